The standard InChI is InChI=1S/C25H26BrIN4O3/c1-17(5-2-3-11-30-16-21(10-12-32)28-29-30)25(34)22-14-19(26)8-9-23(22)31(24(25)33)15-18-6-4-7-20(27)13-18/h2,4-9,13-14,16-17,32,34H,3,10-12,15H2,1H3/b5-2+/t17-,25+/m1/s1. The van der Waals surface area contributed by atoms with Crippen LogP contribution < -0.4 is 4.90 Å². The Balaban J connectivity index is 1.53. The van der Waals surface area contributed by atoms with Crippen LogP contribution in [0, 0.1) is 9.49 Å². The largest absolute Gasteiger partial charge is 0.396 e. The lowest BCUT2D eigenvalue weighted by atomic mass is 9.83. The van der Waals surface area contributed by atoms with E-state index in [9.17, 15) is 9.90 Å². The number of hydrogen-bond acceptors (Lipinski definition) is 5. The van der Waals surface area contributed by atoms with E-state index in [0.717, 1.165) is 25.0 Å². The number of aromatic nitrogens is 3. The van der Waals surface area contributed by atoms with Crippen molar-refractivity contribution in [3.8, 4) is 0 Å². The molecule has 2 atom stereocenters. The summed E-state index contributed by atoms with van der Waals surface area (Å²) in [6, 6.07) is 13.6. The van der Waals surface area contributed by atoms with Crippen molar-refractivity contribution in [3.05, 3.63) is 85.7 Å². The van der Waals surface area contributed by atoms with Gasteiger partial charge in [-0.1, -0.05) is 52.4 Å². The number of fused-ring (bicyclic) bond motifs is 1. The first-order chi connectivity index (χ1) is 16.3. The molecular weight excluding hydrogens is 611 g/mol. The summed E-state index contributed by atoms with van der Waals surface area (Å²) < 4.78 is 3.64. The predicted molar refractivity (Wildman–Crippen MR) is 142 cm³/mol. The van der Waals surface area contributed by atoms with Gasteiger partial charge in [0.2, 0.25) is 0 Å². The molecule has 0 bridgehead atoms. The molecule has 1 aliphatic rings. The molecule has 2 aromatic carbocycles. The number of aryl methyl sites for hydroxylation is 1. The molecule has 0 radical (unpaired) electrons. The number of aliphatic hydroxyl groups is 2. The van der Waals surface area contributed by atoms with Crippen LogP contribution in [0.2, 0.25) is 0 Å². The van der Waals surface area contributed by atoms with Crippen LogP contribution in [0.5, 0.6) is 0 Å². The van der Waals surface area contributed by atoms with Gasteiger partial charge in [-0.25, -0.2) is 0 Å². The minimum Gasteiger partial charge on any atom is -0.396 e. The molecular formula is C25H26BrIN4O3. The van der Waals surface area contributed by atoms with Gasteiger partial charge >= 0.3 is 0 Å². The summed E-state index contributed by atoms with van der Waals surface area (Å²) in [6.07, 6.45) is 6.83. The highest BCUT2D eigenvalue weighted by Gasteiger charge is 2.52. The Morgan fingerprint density at radius 1 is 1.26 bits per heavy atom. The Labute approximate surface area is 220 Å². The summed E-state index contributed by atoms with van der Waals surface area (Å²) >= 11 is 5.75. The average molecular weight is 637 g/mol. The number of hydrogen-bond donors (Lipinski definition) is 2. The molecule has 0 saturated heterocycles. The Kier molecular flexibility index (Phi) is 7.86. The third-order valence-electron chi connectivity index (χ3n) is 6.02. The van der Waals surface area contributed by atoms with E-state index in [2.05, 4.69) is 48.8 Å². The number of halogens is 2. The smallest absolute Gasteiger partial charge is 0.264 e. The summed E-state index contributed by atoms with van der Waals surface area (Å²) in [5.74, 6) is -0.754. The fourth-order valence-electron chi connectivity index (χ4n) is 4.22. The van der Waals surface area contributed by atoms with Gasteiger partial charge in [0.1, 0.15) is 0 Å². The quantitative estimate of drug-likeness (QED) is 0.272. The molecule has 7 nitrogen and oxygen atoms in total. The van der Waals surface area contributed by atoms with Gasteiger partial charge < -0.3 is 15.1 Å². The van der Waals surface area contributed by atoms with Crippen LogP contribution in [0.3, 0.4) is 0 Å². The van der Waals surface area contributed by atoms with Gasteiger partial charge in [0.25, 0.3) is 5.91 Å². The minimum atomic E-state index is -1.65. The molecule has 1 aliphatic heterocycles. The third kappa shape index (κ3) is 5.12. The molecule has 0 fully saturated rings. The van der Waals surface area contributed by atoms with Crippen molar-refractivity contribution < 1.29 is 15.0 Å². The van der Waals surface area contributed by atoms with Gasteiger partial charge in [0.15, 0.2) is 5.60 Å². The second kappa shape index (κ2) is 10.7. The molecule has 2 heterocycles. The molecule has 9 heteroatoms. The van der Waals surface area contributed by atoms with Crippen molar-refractivity contribution in [1.82, 2.24) is 15.0 Å². The second-order valence-electron chi connectivity index (χ2n) is 8.40. The molecule has 3 aromatic rings. The fraction of sp³-hybridized carbons (Fsp3) is 0.320. The lowest BCUT2D eigenvalue weighted by Gasteiger charge is -2.27. The van der Waals surface area contributed by atoms with Gasteiger partial charge in [0.05, 0.1) is 17.9 Å². The van der Waals surface area contributed by atoms with E-state index in [1.165, 1.54) is 0 Å². The zero-order valence-electron chi connectivity index (χ0n) is 18.7. The number of carbonyl (C=O) groups is 1. The van der Waals surface area contributed by atoms with Gasteiger partial charge in [-0.05, 0) is 64.9 Å². The molecule has 34 heavy (non-hydrogen) atoms. The van der Waals surface area contributed by atoms with Crippen LogP contribution in [0.15, 0.2) is 65.3 Å². The highest BCUT2D eigenvalue weighted by molar-refractivity contribution is 14.1. The molecule has 178 valence electrons. The van der Waals surface area contributed by atoms with Crippen LogP contribution >= 0.6 is 38.5 Å². The van der Waals surface area contributed by atoms with E-state index in [-0.39, 0.29) is 12.5 Å². The Bertz CT molecular complexity index is 1210. The van der Waals surface area contributed by atoms with E-state index in [0.29, 0.717) is 31.5 Å². The molecule has 0 aliphatic carbocycles. The van der Waals surface area contributed by atoms with Gasteiger partial charge in [0, 0.05) is 45.3 Å². The summed E-state index contributed by atoms with van der Waals surface area (Å²) in [6.45, 7) is 2.92. The lowest BCUT2D eigenvalue weighted by molar-refractivity contribution is -0.139. The molecule has 2 N–H and O–H groups in total. The first-order valence-electron chi connectivity index (χ1n) is 11.1. The average Bonchev–Trinajstić information content (AvgIpc) is 3.34. The summed E-state index contributed by atoms with van der Waals surface area (Å²) in [4.78, 5) is 15.3. The molecule has 1 aromatic heterocycles. The zero-order valence-corrected chi connectivity index (χ0v) is 22.5. The normalized spacial score (nSPS) is 18.6. The number of aliphatic hydroxyl groups excluding tert-OH is 1. The van der Waals surface area contributed by atoms with Gasteiger partial charge in [-0.15, -0.1) is 5.10 Å². The molecule has 0 spiro atoms. The first kappa shape index (κ1) is 25.0. The van der Waals surface area contributed by atoms with E-state index in [4.69, 9.17) is 5.11 Å². The van der Waals surface area contributed by atoms with Crippen molar-refractivity contribution in [3.63, 3.8) is 0 Å². The minimum absolute atomic E-state index is 0.0425. The zero-order chi connectivity index (χ0) is 24.3. The van der Waals surface area contributed by atoms with Crippen LogP contribution in [0.1, 0.15) is 30.2 Å². The topological polar surface area (TPSA) is 91.5 Å². The maximum absolute atomic E-state index is 13.6. The van der Waals surface area contributed by atoms with E-state index in [1.807, 2.05) is 67.7 Å². The lowest BCUT2D eigenvalue weighted by Crippen LogP contribution is -2.44. The molecule has 4 rings (SSSR count). The van der Waals surface area contributed by atoms with Crippen molar-refractivity contribution in [2.75, 3.05) is 11.5 Å². The number of anilines is 1. The van der Waals surface area contributed by atoms with Gasteiger partial charge in [-0.3, -0.25) is 9.48 Å². The Hall–Kier alpha value is -2.08. The number of nitrogens with zero attached hydrogens (tertiary/aromatic N) is 4. The van der Waals surface area contributed by atoms with E-state index < -0.39 is 11.5 Å². The Morgan fingerprint density at radius 3 is 2.85 bits per heavy atom. The van der Waals surface area contributed by atoms with Crippen molar-refractivity contribution in [1.29, 1.82) is 0 Å². The number of carbonyl (C=O) groups excluding carboxylic acids is 1. The Morgan fingerprint density at radius 2 is 2.09 bits per heavy atom. The summed E-state index contributed by atoms with van der Waals surface area (Å²) in [5, 5.41) is 28.9. The van der Waals surface area contributed by atoms with Gasteiger partial charge in [-0.2, -0.15) is 0 Å². The van der Waals surface area contributed by atoms with Crippen molar-refractivity contribution in [2.45, 2.75) is 38.5 Å². The number of rotatable bonds is 9. The molecule has 0 saturated carbocycles. The monoisotopic (exact) mass is 636 g/mol. The summed E-state index contributed by atoms with van der Waals surface area (Å²) in [5.41, 5.74) is 1.45. The highest BCUT2D eigenvalue weighted by atomic mass is 127. The van der Waals surface area contributed by atoms with E-state index in [1.54, 1.807) is 9.58 Å². The van der Waals surface area contributed by atoms with Crippen LogP contribution in [0.25, 0.3) is 0 Å². The number of allylic oxidation sites excluding steroid dienone is 1. The number of benzene rings is 2. The van der Waals surface area contributed by atoms with Crippen LogP contribution in [-0.4, -0.2) is 37.7 Å². The molecule has 1 amide bonds. The third-order valence-corrected chi connectivity index (χ3v) is 7.19. The van der Waals surface area contributed by atoms with Crippen LogP contribution in [-0.2, 0) is 29.9 Å². The fourth-order valence-corrected chi connectivity index (χ4v) is 5.19. The van der Waals surface area contributed by atoms with Crippen LogP contribution in [0.4, 0.5) is 5.69 Å². The SMILES string of the molecule is C[C@H](/C=C/CCn1cc(CCO)nn1)[C@@]1(O)C(=O)N(Cc2cccc(I)c2)c2ccc(Br)cc21. The van der Waals surface area contributed by atoms with Crippen molar-refractivity contribution >= 4 is 50.1 Å². The highest BCUT2D eigenvalue weighted by Crippen LogP contribution is 2.46. The second-order valence-corrected chi connectivity index (χ2v) is 10.6. The van der Waals surface area contributed by atoms with Crippen molar-refractivity contribution in [2.24, 2.45) is 5.92 Å². The maximum Gasteiger partial charge on any atom is 0.264 e. The summed E-state index contributed by atoms with van der Waals surface area (Å²) in [7, 11) is 0. The van der Waals surface area contributed by atoms with E-state index >= 15 is 0 Å². The maximum atomic E-state index is 13.6. The molecule has 0 unspecified atom stereocenters. The number of amides is 1. The first-order valence-corrected chi connectivity index (χ1v) is 13.0. The predicted octanol–water partition coefficient (Wildman–Crippen LogP) is 4.20.